The van der Waals surface area contributed by atoms with Gasteiger partial charge in [-0.05, 0) is 31.9 Å². The number of aliphatic carboxylic acids is 1. The topological polar surface area (TPSA) is 77.5 Å². The Kier molecular flexibility index (Phi) is 9.00. The molecule has 0 unspecified atom stereocenters. The standard InChI is InChI=1S/C15H19NO4S.Na/c1-9-6-5-7-10(2)14(9)16(11(3)15(19)20)13(18)8-21-12(4)17;/h5-7,11H,8H2,1-4H3,(H,19,20);/q;+1/p-1/t11-;/m0./s1. The van der Waals surface area contributed by atoms with Crippen molar-refractivity contribution in [3.8, 4) is 0 Å². The zero-order valence-electron chi connectivity index (χ0n) is 13.5. The summed E-state index contributed by atoms with van der Waals surface area (Å²) in [5, 5.41) is 11.0. The van der Waals surface area contributed by atoms with E-state index in [0.29, 0.717) is 5.69 Å². The molecule has 0 aromatic heterocycles. The molecule has 1 rings (SSSR count). The maximum absolute atomic E-state index is 12.4. The Bertz CT molecular complexity index is 556. The molecule has 0 bridgehead atoms. The Morgan fingerprint density at radius 2 is 1.73 bits per heavy atom. The number of nitrogens with zero attached hydrogens (tertiary/aromatic N) is 1. The number of anilines is 1. The van der Waals surface area contributed by atoms with Crippen molar-refractivity contribution >= 4 is 34.4 Å². The van der Waals surface area contributed by atoms with Gasteiger partial charge in [-0.1, -0.05) is 30.0 Å². The van der Waals surface area contributed by atoms with Gasteiger partial charge in [-0.2, -0.15) is 0 Å². The monoisotopic (exact) mass is 331 g/mol. The third-order valence-electron chi connectivity index (χ3n) is 3.08. The van der Waals surface area contributed by atoms with Crippen molar-refractivity contribution in [3.05, 3.63) is 29.3 Å². The van der Waals surface area contributed by atoms with Gasteiger partial charge in [-0.25, -0.2) is 0 Å². The molecule has 1 amide bonds. The summed E-state index contributed by atoms with van der Waals surface area (Å²) in [5.41, 5.74) is 2.15. The summed E-state index contributed by atoms with van der Waals surface area (Å²) in [5.74, 6) is -1.86. The fourth-order valence-corrected chi connectivity index (χ4v) is 2.52. The number of thioether (sulfide) groups is 1. The van der Waals surface area contributed by atoms with Crippen LogP contribution in [0.4, 0.5) is 5.69 Å². The van der Waals surface area contributed by atoms with Crippen LogP contribution in [0, 0.1) is 13.8 Å². The molecule has 0 aliphatic carbocycles. The minimum Gasteiger partial charge on any atom is -0.548 e. The second-order valence-electron chi connectivity index (χ2n) is 4.78. The second kappa shape index (κ2) is 9.35. The van der Waals surface area contributed by atoms with Crippen molar-refractivity contribution in [2.24, 2.45) is 0 Å². The summed E-state index contributed by atoms with van der Waals surface area (Å²) in [6.45, 7) is 6.38. The summed E-state index contributed by atoms with van der Waals surface area (Å²) in [7, 11) is 0. The quantitative estimate of drug-likeness (QED) is 0.587. The Hall–Kier alpha value is -0.820. The third kappa shape index (κ3) is 5.43. The van der Waals surface area contributed by atoms with E-state index in [1.54, 1.807) is 0 Å². The van der Waals surface area contributed by atoms with Crippen molar-refractivity contribution in [2.45, 2.75) is 33.7 Å². The van der Waals surface area contributed by atoms with Crippen LogP contribution in [-0.2, 0) is 14.4 Å². The van der Waals surface area contributed by atoms with Gasteiger partial charge in [0.05, 0.1) is 23.5 Å². The van der Waals surface area contributed by atoms with E-state index < -0.39 is 17.9 Å². The van der Waals surface area contributed by atoms with Gasteiger partial charge in [0.2, 0.25) is 5.91 Å². The van der Waals surface area contributed by atoms with Gasteiger partial charge in [-0.15, -0.1) is 0 Å². The second-order valence-corrected chi connectivity index (χ2v) is 5.93. The molecule has 0 fully saturated rings. The van der Waals surface area contributed by atoms with Crippen molar-refractivity contribution in [1.29, 1.82) is 0 Å². The van der Waals surface area contributed by atoms with Gasteiger partial charge in [0.1, 0.15) is 0 Å². The van der Waals surface area contributed by atoms with Crippen LogP contribution in [0.5, 0.6) is 0 Å². The minimum absolute atomic E-state index is 0. The first-order valence-electron chi connectivity index (χ1n) is 6.48. The smallest absolute Gasteiger partial charge is 0.548 e. The Morgan fingerprint density at radius 1 is 1.23 bits per heavy atom. The molecule has 0 spiro atoms. The summed E-state index contributed by atoms with van der Waals surface area (Å²) in [4.78, 5) is 35.8. The van der Waals surface area contributed by atoms with E-state index in [4.69, 9.17) is 0 Å². The number of para-hydroxylation sites is 1. The molecular weight excluding hydrogens is 313 g/mol. The van der Waals surface area contributed by atoms with Gasteiger partial charge < -0.3 is 14.8 Å². The Labute approximate surface area is 156 Å². The van der Waals surface area contributed by atoms with E-state index >= 15 is 0 Å². The Balaban J connectivity index is 0.00000441. The first-order chi connectivity index (χ1) is 9.75. The molecule has 0 N–H and O–H groups in total. The van der Waals surface area contributed by atoms with E-state index in [2.05, 4.69) is 0 Å². The summed E-state index contributed by atoms with van der Waals surface area (Å²) >= 11 is 0.860. The summed E-state index contributed by atoms with van der Waals surface area (Å²) in [6.07, 6.45) is 0. The molecule has 1 aromatic carbocycles. The maximum atomic E-state index is 12.4. The number of carbonyl (C=O) groups excluding carboxylic acids is 3. The van der Waals surface area contributed by atoms with Crippen molar-refractivity contribution in [1.82, 2.24) is 0 Å². The van der Waals surface area contributed by atoms with E-state index in [1.165, 1.54) is 18.7 Å². The van der Waals surface area contributed by atoms with Crippen LogP contribution >= 0.6 is 11.8 Å². The van der Waals surface area contributed by atoms with Gasteiger partial charge in [-0.3, -0.25) is 9.59 Å². The average Bonchev–Trinajstić information content (AvgIpc) is 2.39. The number of carboxylic acid groups (broad SMARTS) is 1. The molecule has 0 radical (unpaired) electrons. The molecule has 0 heterocycles. The molecule has 1 aromatic rings. The van der Waals surface area contributed by atoms with E-state index in [1.807, 2.05) is 32.0 Å². The van der Waals surface area contributed by atoms with Crippen molar-refractivity contribution < 1.29 is 49.0 Å². The minimum atomic E-state index is -1.33. The summed E-state index contributed by atoms with van der Waals surface area (Å²) < 4.78 is 0. The fourth-order valence-electron chi connectivity index (χ4n) is 2.06. The zero-order chi connectivity index (χ0) is 16.2. The van der Waals surface area contributed by atoms with Crippen LogP contribution in [0.1, 0.15) is 25.0 Å². The van der Waals surface area contributed by atoms with E-state index in [-0.39, 0.29) is 40.4 Å². The van der Waals surface area contributed by atoms with Gasteiger partial charge >= 0.3 is 29.6 Å². The molecule has 0 saturated carbocycles. The number of carbonyl (C=O) groups is 3. The first kappa shape index (κ1) is 21.2. The number of rotatable bonds is 5. The van der Waals surface area contributed by atoms with Crippen molar-refractivity contribution in [2.75, 3.05) is 10.7 Å². The molecule has 5 nitrogen and oxygen atoms in total. The fraction of sp³-hybridized carbons (Fsp3) is 0.400. The van der Waals surface area contributed by atoms with Crippen LogP contribution in [0.25, 0.3) is 0 Å². The number of amides is 1. The SMILES string of the molecule is CC(=O)SCC(=O)N(c1c(C)cccc1C)[C@@H](C)C(=O)[O-].[Na+]. The van der Waals surface area contributed by atoms with Crippen LogP contribution in [0.3, 0.4) is 0 Å². The molecule has 0 aliphatic rings. The molecule has 22 heavy (non-hydrogen) atoms. The molecule has 7 heteroatoms. The first-order valence-corrected chi connectivity index (χ1v) is 7.46. The normalized spacial score (nSPS) is 11.3. The zero-order valence-corrected chi connectivity index (χ0v) is 16.3. The van der Waals surface area contributed by atoms with Crippen molar-refractivity contribution in [3.63, 3.8) is 0 Å². The third-order valence-corrected chi connectivity index (χ3v) is 3.87. The van der Waals surface area contributed by atoms with Gasteiger partial charge in [0, 0.05) is 6.92 Å². The van der Waals surface area contributed by atoms with Crippen LogP contribution in [-0.4, -0.2) is 28.8 Å². The van der Waals surface area contributed by atoms with Crippen LogP contribution in [0.2, 0.25) is 0 Å². The molecule has 114 valence electrons. The van der Waals surface area contributed by atoms with Gasteiger partial charge in [0.15, 0.2) is 5.12 Å². The molecule has 1 atom stereocenters. The summed E-state index contributed by atoms with van der Waals surface area (Å²) in [6, 6.07) is 4.35. The molecular formula is C15H18NNaO4S. The average molecular weight is 331 g/mol. The predicted octanol–water partition coefficient (Wildman–Crippen LogP) is -1.94. The van der Waals surface area contributed by atoms with Crippen LogP contribution < -0.4 is 39.6 Å². The van der Waals surface area contributed by atoms with Gasteiger partial charge in [0.25, 0.3) is 0 Å². The maximum Gasteiger partial charge on any atom is 1.00 e. The number of hydrogen-bond donors (Lipinski definition) is 0. The van der Waals surface area contributed by atoms with E-state index in [0.717, 1.165) is 22.9 Å². The van der Waals surface area contributed by atoms with Crippen LogP contribution in [0.15, 0.2) is 18.2 Å². The molecule has 0 saturated heterocycles. The number of benzene rings is 1. The van der Waals surface area contributed by atoms with E-state index in [9.17, 15) is 19.5 Å². The number of carboxylic acids is 1. The number of aryl methyl sites for hydroxylation is 2. The molecule has 0 aliphatic heterocycles. The predicted molar refractivity (Wildman–Crippen MR) is 81.0 cm³/mol. The largest absolute Gasteiger partial charge is 1.00 e. The Morgan fingerprint density at radius 3 is 2.14 bits per heavy atom. The number of hydrogen-bond acceptors (Lipinski definition) is 5.